The maximum atomic E-state index is 14.6. The number of hydrogen-bond acceptors (Lipinski definition) is 7. The third kappa shape index (κ3) is 9.00. The average Bonchev–Trinajstić information content (AvgIpc) is 3.20. The summed E-state index contributed by atoms with van der Waals surface area (Å²) in [6.45, 7) is 8.59. The van der Waals surface area contributed by atoms with Crippen molar-refractivity contribution in [2.75, 3.05) is 50.1 Å². The van der Waals surface area contributed by atoms with Gasteiger partial charge < -0.3 is 34.2 Å². The molecular formula is C45H48Cl2F2N4O6. The number of nitrogens with zero attached hydrogens (tertiary/aromatic N) is 3. The molecule has 4 aliphatic rings. The number of benzene rings is 4. The number of piperidine rings is 2. The van der Waals surface area contributed by atoms with Crippen LogP contribution in [0.5, 0.6) is 11.5 Å². The van der Waals surface area contributed by atoms with Gasteiger partial charge >= 0.3 is 6.09 Å². The van der Waals surface area contributed by atoms with Crippen molar-refractivity contribution >= 4 is 52.5 Å². The molecule has 8 rings (SSSR count). The lowest BCUT2D eigenvalue weighted by atomic mass is 9.88. The Morgan fingerprint density at radius 2 is 1.14 bits per heavy atom. The molecule has 2 saturated heterocycles. The molecule has 0 aliphatic carbocycles. The fraction of sp³-hybridized carbons (Fsp3) is 0.400. The lowest BCUT2D eigenvalue weighted by Crippen LogP contribution is -2.42. The minimum Gasteiger partial charge on any atom is -0.473 e. The number of para-hydroxylation sites is 2. The highest BCUT2D eigenvalue weighted by atomic mass is 35.5. The van der Waals surface area contributed by atoms with Gasteiger partial charge in [-0.25, -0.2) is 13.6 Å². The van der Waals surface area contributed by atoms with Crippen LogP contribution in [0.1, 0.15) is 92.8 Å². The second-order valence-electron chi connectivity index (χ2n) is 16.3. The van der Waals surface area contributed by atoms with Crippen molar-refractivity contribution in [3.05, 3.63) is 117 Å². The van der Waals surface area contributed by atoms with Gasteiger partial charge in [0.15, 0.2) is 0 Å². The second kappa shape index (κ2) is 17.4. The highest BCUT2D eigenvalue weighted by Crippen LogP contribution is 2.47. The topological polar surface area (TPSA) is 101 Å². The van der Waals surface area contributed by atoms with E-state index in [0.29, 0.717) is 41.2 Å². The number of fused-ring (bicyclic) bond motifs is 2. The maximum Gasteiger partial charge on any atom is 0.410 e. The molecule has 4 aliphatic heterocycles. The van der Waals surface area contributed by atoms with Crippen LogP contribution >= 0.6 is 23.2 Å². The van der Waals surface area contributed by atoms with E-state index >= 15 is 0 Å². The van der Waals surface area contributed by atoms with E-state index in [1.54, 1.807) is 36.0 Å². The molecule has 4 aromatic rings. The van der Waals surface area contributed by atoms with Crippen LogP contribution in [0.2, 0.25) is 10.0 Å². The highest BCUT2D eigenvalue weighted by molar-refractivity contribution is 6.30. The standard InChI is InChI=1S/C25H28ClFN2O4.C20H20ClFN2O2/c1-25(2,3)33-24(31)29-12-10-15(11-13-29)17-6-5-7-20-21(17)32-22(23(30)28(20)4)18-9-8-16(26)14-19(18)27;1-24-17-4-2-3-14(12-7-9-23-10-8-12)18(17)26-19(20(24)25)15-6-5-13(21)11-16(15)22/h5-9,14-15,22H,10-13H2,1-4H3;2-6,11-12,19,23H,7-10H2,1H3. The molecule has 59 heavy (non-hydrogen) atoms. The van der Waals surface area contributed by atoms with Crippen molar-refractivity contribution in [3.8, 4) is 11.5 Å². The van der Waals surface area contributed by atoms with Gasteiger partial charge in [0.25, 0.3) is 11.8 Å². The maximum absolute atomic E-state index is 14.6. The molecule has 2 fully saturated rings. The van der Waals surface area contributed by atoms with Crippen molar-refractivity contribution in [3.63, 3.8) is 0 Å². The summed E-state index contributed by atoms with van der Waals surface area (Å²) < 4.78 is 46.8. The summed E-state index contributed by atoms with van der Waals surface area (Å²) in [5.41, 5.74) is 3.24. The number of ether oxygens (including phenoxy) is 3. The minimum absolute atomic E-state index is 0.135. The zero-order valence-corrected chi connectivity index (χ0v) is 35.2. The van der Waals surface area contributed by atoms with E-state index in [-0.39, 0.29) is 40.0 Å². The number of likely N-dealkylation sites (tertiary alicyclic amines) is 1. The van der Waals surface area contributed by atoms with Gasteiger partial charge in [0.1, 0.15) is 28.7 Å². The first kappa shape index (κ1) is 42.2. The number of likely N-dealkylation sites (N-methyl/N-ethyl adjacent to an activating group) is 2. The Morgan fingerprint density at radius 1 is 0.695 bits per heavy atom. The fourth-order valence-electron chi connectivity index (χ4n) is 8.09. The van der Waals surface area contributed by atoms with Gasteiger partial charge in [-0.2, -0.15) is 0 Å². The summed E-state index contributed by atoms with van der Waals surface area (Å²) in [6.07, 6.45) is 1.08. The summed E-state index contributed by atoms with van der Waals surface area (Å²) in [7, 11) is 3.37. The number of amides is 3. The number of carbonyl (C=O) groups is 3. The number of halogens is 4. The van der Waals surface area contributed by atoms with Gasteiger partial charge in [-0.05, 0) is 119 Å². The smallest absolute Gasteiger partial charge is 0.410 e. The number of hydrogen-bond donors (Lipinski definition) is 1. The predicted molar refractivity (Wildman–Crippen MR) is 224 cm³/mol. The summed E-state index contributed by atoms with van der Waals surface area (Å²) in [5, 5.41) is 3.91. The van der Waals surface area contributed by atoms with Gasteiger partial charge in [0.05, 0.1) is 11.4 Å². The minimum atomic E-state index is -1.09. The van der Waals surface area contributed by atoms with Crippen LogP contribution in [-0.2, 0) is 14.3 Å². The third-order valence-electron chi connectivity index (χ3n) is 11.2. The third-order valence-corrected chi connectivity index (χ3v) is 11.7. The summed E-state index contributed by atoms with van der Waals surface area (Å²) in [6, 6.07) is 20.1. The quantitative estimate of drug-likeness (QED) is 0.218. The normalized spacial score (nSPS) is 19.8. The van der Waals surface area contributed by atoms with Crippen LogP contribution in [0, 0.1) is 11.6 Å². The molecule has 312 valence electrons. The molecule has 14 heteroatoms. The molecule has 10 nitrogen and oxygen atoms in total. The van der Waals surface area contributed by atoms with E-state index in [1.165, 1.54) is 29.2 Å². The van der Waals surface area contributed by atoms with Crippen molar-refractivity contribution in [1.82, 2.24) is 10.2 Å². The Balaban J connectivity index is 0.000000184. The first-order chi connectivity index (χ1) is 28.1. The molecule has 0 spiro atoms. The van der Waals surface area contributed by atoms with Gasteiger partial charge in [-0.1, -0.05) is 59.6 Å². The number of nitrogens with one attached hydrogen (secondary N) is 1. The molecule has 0 saturated carbocycles. The van der Waals surface area contributed by atoms with Crippen LogP contribution in [0.15, 0.2) is 72.8 Å². The molecule has 0 radical (unpaired) electrons. The predicted octanol–water partition coefficient (Wildman–Crippen LogP) is 9.73. The number of anilines is 2. The monoisotopic (exact) mass is 848 g/mol. The van der Waals surface area contributed by atoms with E-state index in [2.05, 4.69) is 5.32 Å². The van der Waals surface area contributed by atoms with E-state index in [9.17, 15) is 23.2 Å². The lowest BCUT2D eigenvalue weighted by molar-refractivity contribution is -0.127. The summed E-state index contributed by atoms with van der Waals surface area (Å²) in [5.74, 6) is 0.00434. The highest BCUT2D eigenvalue weighted by Gasteiger charge is 2.39. The van der Waals surface area contributed by atoms with Gasteiger partial charge in [0, 0.05) is 48.4 Å². The molecule has 0 bridgehead atoms. The fourth-order valence-corrected chi connectivity index (χ4v) is 8.41. The molecule has 2 atom stereocenters. The largest absolute Gasteiger partial charge is 0.473 e. The van der Waals surface area contributed by atoms with Crippen molar-refractivity contribution in [2.45, 2.75) is 76.1 Å². The first-order valence-corrected chi connectivity index (χ1v) is 20.6. The Kier molecular flexibility index (Phi) is 12.4. The van der Waals surface area contributed by atoms with Crippen LogP contribution in [0.4, 0.5) is 25.0 Å². The van der Waals surface area contributed by atoms with E-state index in [0.717, 1.165) is 55.6 Å². The Bertz CT molecular complexity index is 2240. The van der Waals surface area contributed by atoms with E-state index in [1.807, 2.05) is 57.2 Å². The molecule has 4 heterocycles. The SMILES string of the molecule is CN1C(=O)C(c2ccc(Cl)cc2F)Oc2c(C3CCN(C(=O)OC(C)(C)C)CC3)cccc21.CN1C(=O)C(c2ccc(Cl)cc2F)Oc2c(C3CCNCC3)cccc21. The first-order valence-electron chi connectivity index (χ1n) is 19.8. The molecule has 1 N–H and O–H groups in total. The zero-order chi connectivity index (χ0) is 42.2. The molecular weight excluding hydrogens is 801 g/mol. The van der Waals surface area contributed by atoms with Crippen molar-refractivity contribution in [2.24, 2.45) is 0 Å². The van der Waals surface area contributed by atoms with E-state index < -0.39 is 29.4 Å². The molecule has 3 amide bonds. The molecule has 2 unspecified atom stereocenters. The Hall–Kier alpha value is -4.91. The van der Waals surface area contributed by atoms with Crippen LogP contribution in [-0.4, -0.2) is 68.7 Å². The average molecular weight is 850 g/mol. The second-order valence-corrected chi connectivity index (χ2v) is 17.2. The van der Waals surface area contributed by atoms with Gasteiger partial charge in [0.2, 0.25) is 12.2 Å². The number of rotatable bonds is 4. The van der Waals surface area contributed by atoms with Crippen LogP contribution < -0.4 is 24.6 Å². The van der Waals surface area contributed by atoms with E-state index in [4.69, 9.17) is 37.4 Å². The summed E-state index contributed by atoms with van der Waals surface area (Å²) in [4.78, 5) is 43.0. The van der Waals surface area contributed by atoms with Gasteiger partial charge in [-0.15, -0.1) is 0 Å². The Labute approximate surface area is 353 Å². The van der Waals surface area contributed by atoms with Gasteiger partial charge in [-0.3, -0.25) is 9.59 Å². The zero-order valence-electron chi connectivity index (χ0n) is 33.7. The Morgan fingerprint density at radius 3 is 1.56 bits per heavy atom. The van der Waals surface area contributed by atoms with Crippen LogP contribution in [0.3, 0.4) is 0 Å². The van der Waals surface area contributed by atoms with Crippen molar-refractivity contribution in [1.29, 1.82) is 0 Å². The molecule has 4 aromatic carbocycles. The van der Waals surface area contributed by atoms with Crippen LogP contribution in [0.25, 0.3) is 0 Å². The lowest BCUT2D eigenvalue weighted by Gasteiger charge is -2.37. The van der Waals surface area contributed by atoms with Crippen molar-refractivity contribution < 1.29 is 37.4 Å². The molecule has 0 aromatic heterocycles. The number of carbonyl (C=O) groups excluding carboxylic acids is 3. The summed E-state index contributed by atoms with van der Waals surface area (Å²) >= 11 is 11.7.